The van der Waals surface area contributed by atoms with Crippen molar-refractivity contribution in [2.45, 2.75) is 25.0 Å². The molecule has 88 valence electrons. The highest BCUT2D eigenvalue weighted by molar-refractivity contribution is 7.97. The van der Waals surface area contributed by atoms with Gasteiger partial charge in [0, 0.05) is 13.1 Å². The summed E-state index contributed by atoms with van der Waals surface area (Å²) < 4.78 is 5.53. The van der Waals surface area contributed by atoms with Crippen molar-refractivity contribution in [2.75, 3.05) is 19.3 Å². The summed E-state index contributed by atoms with van der Waals surface area (Å²) in [5, 5.41) is 0. The molecular weight excluding hydrogens is 222 g/mol. The number of thioether (sulfide) groups is 1. The Balaban J connectivity index is 2.01. The molecular formula is C12H17NO2S. The van der Waals surface area contributed by atoms with Gasteiger partial charge in [0.1, 0.15) is 5.76 Å². The molecule has 0 bridgehead atoms. The monoisotopic (exact) mass is 239 g/mol. The second-order valence-corrected chi connectivity index (χ2v) is 4.92. The minimum atomic E-state index is 0.0482. The van der Waals surface area contributed by atoms with E-state index in [-0.39, 0.29) is 5.91 Å². The van der Waals surface area contributed by atoms with E-state index in [0.29, 0.717) is 5.76 Å². The van der Waals surface area contributed by atoms with Gasteiger partial charge in [0.25, 0.3) is 5.91 Å². The largest absolute Gasteiger partial charge is 0.455 e. The fourth-order valence-electron chi connectivity index (χ4n) is 1.97. The van der Waals surface area contributed by atoms with Crippen LogP contribution < -0.4 is 0 Å². The third-order valence-corrected chi connectivity index (χ3v) is 3.38. The maximum Gasteiger partial charge on any atom is 0.289 e. The standard InChI is InChI=1S/C12H17NO2S/c1-16-9-10-5-6-11(15-10)12(14)13-7-3-2-4-8-13/h5-6H,2-4,7-9H2,1H3. The summed E-state index contributed by atoms with van der Waals surface area (Å²) in [5.41, 5.74) is 0. The van der Waals surface area contributed by atoms with Crippen molar-refractivity contribution in [3.8, 4) is 0 Å². The van der Waals surface area contributed by atoms with Crippen molar-refractivity contribution in [2.24, 2.45) is 0 Å². The van der Waals surface area contributed by atoms with E-state index in [1.807, 2.05) is 17.2 Å². The van der Waals surface area contributed by atoms with Gasteiger partial charge in [-0.1, -0.05) is 0 Å². The zero-order valence-electron chi connectivity index (χ0n) is 9.57. The molecule has 0 aromatic carbocycles. The molecule has 1 aromatic heterocycles. The molecule has 1 fully saturated rings. The third kappa shape index (κ3) is 2.61. The molecule has 16 heavy (non-hydrogen) atoms. The summed E-state index contributed by atoms with van der Waals surface area (Å²) in [6, 6.07) is 3.69. The van der Waals surface area contributed by atoms with E-state index in [4.69, 9.17) is 4.42 Å². The smallest absolute Gasteiger partial charge is 0.289 e. The Hall–Kier alpha value is -0.900. The van der Waals surface area contributed by atoms with E-state index < -0.39 is 0 Å². The second-order valence-electron chi connectivity index (χ2n) is 4.05. The van der Waals surface area contributed by atoms with E-state index in [1.165, 1.54) is 6.42 Å². The van der Waals surface area contributed by atoms with Gasteiger partial charge in [-0.15, -0.1) is 0 Å². The first-order valence-corrected chi connectivity index (χ1v) is 7.07. The molecule has 0 unspecified atom stereocenters. The maximum atomic E-state index is 12.0. The number of amides is 1. The first kappa shape index (κ1) is 11.6. The van der Waals surface area contributed by atoms with E-state index in [2.05, 4.69) is 0 Å². The van der Waals surface area contributed by atoms with E-state index in [1.54, 1.807) is 17.8 Å². The lowest BCUT2D eigenvalue weighted by molar-refractivity contribution is 0.0690. The Labute approximate surface area is 100 Å². The predicted molar refractivity (Wildman–Crippen MR) is 65.7 cm³/mol. The Morgan fingerprint density at radius 2 is 2.12 bits per heavy atom. The quantitative estimate of drug-likeness (QED) is 0.813. The van der Waals surface area contributed by atoms with Gasteiger partial charge in [-0.3, -0.25) is 4.79 Å². The van der Waals surface area contributed by atoms with E-state index in [9.17, 15) is 4.79 Å². The van der Waals surface area contributed by atoms with Gasteiger partial charge in [-0.25, -0.2) is 0 Å². The maximum absolute atomic E-state index is 12.0. The molecule has 1 saturated heterocycles. The van der Waals surface area contributed by atoms with Gasteiger partial charge < -0.3 is 9.32 Å². The van der Waals surface area contributed by atoms with Crippen LogP contribution in [0, 0.1) is 0 Å². The molecule has 1 aliphatic heterocycles. The molecule has 1 aliphatic rings. The van der Waals surface area contributed by atoms with Crippen LogP contribution in [0.25, 0.3) is 0 Å². The van der Waals surface area contributed by atoms with Gasteiger partial charge in [0.05, 0.1) is 5.75 Å². The third-order valence-electron chi connectivity index (χ3n) is 2.80. The lowest BCUT2D eigenvalue weighted by Crippen LogP contribution is -2.35. The van der Waals surface area contributed by atoms with E-state index >= 15 is 0 Å². The summed E-state index contributed by atoms with van der Waals surface area (Å²) in [6.07, 6.45) is 5.49. The van der Waals surface area contributed by atoms with E-state index in [0.717, 1.165) is 37.4 Å². The van der Waals surface area contributed by atoms with Crippen molar-refractivity contribution in [3.63, 3.8) is 0 Å². The number of piperidine rings is 1. The molecule has 4 heteroatoms. The van der Waals surface area contributed by atoms with Gasteiger partial charge in [0.15, 0.2) is 5.76 Å². The number of rotatable bonds is 3. The van der Waals surface area contributed by atoms with Crippen LogP contribution in [-0.4, -0.2) is 30.2 Å². The minimum absolute atomic E-state index is 0.0482. The average molecular weight is 239 g/mol. The van der Waals surface area contributed by atoms with Crippen molar-refractivity contribution in [1.82, 2.24) is 4.90 Å². The van der Waals surface area contributed by atoms with Crippen LogP contribution in [0.1, 0.15) is 35.6 Å². The first-order chi connectivity index (χ1) is 7.81. The number of furan rings is 1. The number of hydrogen-bond donors (Lipinski definition) is 0. The fourth-order valence-corrected chi connectivity index (χ4v) is 2.41. The highest BCUT2D eigenvalue weighted by atomic mass is 32.2. The summed E-state index contributed by atoms with van der Waals surface area (Å²) in [5.74, 6) is 2.25. The molecule has 0 radical (unpaired) electrons. The predicted octanol–water partition coefficient (Wildman–Crippen LogP) is 2.77. The Kier molecular flexibility index (Phi) is 3.93. The zero-order valence-corrected chi connectivity index (χ0v) is 10.4. The molecule has 0 saturated carbocycles. The topological polar surface area (TPSA) is 33.5 Å². The highest BCUT2D eigenvalue weighted by Gasteiger charge is 2.20. The molecule has 0 spiro atoms. The lowest BCUT2D eigenvalue weighted by atomic mass is 10.1. The van der Waals surface area contributed by atoms with Crippen LogP contribution in [0.2, 0.25) is 0 Å². The molecule has 0 aliphatic carbocycles. The normalized spacial score (nSPS) is 16.4. The molecule has 2 rings (SSSR count). The first-order valence-electron chi connectivity index (χ1n) is 5.68. The summed E-state index contributed by atoms with van der Waals surface area (Å²) in [6.45, 7) is 1.74. The fraction of sp³-hybridized carbons (Fsp3) is 0.583. The molecule has 3 nitrogen and oxygen atoms in total. The van der Waals surface area contributed by atoms with Crippen LogP contribution in [-0.2, 0) is 5.75 Å². The molecule has 0 atom stereocenters. The zero-order chi connectivity index (χ0) is 11.4. The van der Waals surface area contributed by atoms with Gasteiger partial charge >= 0.3 is 0 Å². The average Bonchev–Trinajstić information content (AvgIpc) is 2.78. The second kappa shape index (κ2) is 5.43. The summed E-state index contributed by atoms with van der Waals surface area (Å²) in [4.78, 5) is 13.9. The number of carbonyl (C=O) groups excluding carboxylic acids is 1. The van der Waals surface area contributed by atoms with Crippen molar-refractivity contribution >= 4 is 17.7 Å². The lowest BCUT2D eigenvalue weighted by Gasteiger charge is -2.25. The SMILES string of the molecule is CSCc1ccc(C(=O)N2CCCCC2)o1. The van der Waals surface area contributed by atoms with Crippen molar-refractivity contribution in [3.05, 3.63) is 23.7 Å². The van der Waals surface area contributed by atoms with Crippen LogP contribution in [0.4, 0.5) is 0 Å². The molecule has 1 amide bonds. The number of nitrogens with zero attached hydrogens (tertiary/aromatic N) is 1. The number of hydrogen-bond acceptors (Lipinski definition) is 3. The Morgan fingerprint density at radius 1 is 1.38 bits per heavy atom. The molecule has 0 N–H and O–H groups in total. The van der Waals surface area contributed by atoms with Gasteiger partial charge in [-0.2, -0.15) is 11.8 Å². The van der Waals surface area contributed by atoms with Crippen LogP contribution in [0.15, 0.2) is 16.5 Å². The Bertz CT molecular complexity index is 356. The van der Waals surface area contributed by atoms with Gasteiger partial charge in [0.2, 0.25) is 0 Å². The van der Waals surface area contributed by atoms with Crippen molar-refractivity contribution < 1.29 is 9.21 Å². The summed E-state index contributed by atoms with van der Waals surface area (Å²) in [7, 11) is 0. The highest BCUT2D eigenvalue weighted by Crippen LogP contribution is 2.17. The van der Waals surface area contributed by atoms with Gasteiger partial charge in [-0.05, 0) is 37.7 Å². The number of carbonyl (C=O) groups is 1. The van der Waals surface area contributed by atoms with Crippen LogP contribution in [0.3, 0.4) is 0 Å². The molecule has 2 heterocycles. The minimum Gasteiger partial charge on any atom is -0.455 e. The number of likely N-dealkylation sites (tertiary alicyclic amines) is 1. The van der Waals surface area contributed by atoms with Crippen LogP contribution >= 0.6 is 11.8 Å². The Morgan fingerprint density at radius 3 is 2.81 bits per heavy atom. The summed E-state index contributed by atoms with van der Waals surface area (Å²) >= 11 is 1.70. The molecule has 1 aromatic rings. The van der Waals surface area contributed by atoms with Crippen LogP contribution in [0.5, 0.6) is 0 Å². The van der Waals surface area contributed by atoms with Crippen molar-refractivity contribution in [1.29, 1.82) is 0 Å².